The fourth-order valence-corrected chi connectivity index (χ4v) is 2.49. The van der Waals surface area contributed by atoms with Crippen molar-refractivity contribution >= 4 is 22.6 Å². The molecular formula is C12H23IO2. The number of rotatable bonds is 7. The third-order valence-corrected chi connectivity index (χ3v) is 4.21. The van der Waals surface area contributed by atoms with Crippen LogP contribution in [0.2, 0.25) is 0 Å². The highest BCUT2D eigenvalue weighted by Crippen LogP contribution is 2.20. The maximum Gasteiger partial charge on any atom is 0.0948 e. The van der Waals surface area contributed by atoms with E-state index in [4.69, 9.17) is 9.47 Å². The van der Waals surface area contributed by atoms with Crippen molar-refractivity contribution < 1.29 is 9.47 Å². The fourth-order valence-electron chi connectivity index (χ4n) is 1.82. The van der Waals surface area contributed by atoms with Crippen LogP contribution in [0.5, 0.6) is 0 Å². The Bertz CT molecular complexity index is 164. The summed E-state index contributed by atoms with van der Waals surface area (Å²) in [5.74, 6) is 0.745. The third-order valence-electron chi connectivity index (χ3n) is 3.05. The molecule has 0 saturated carbocycles. The normalized spacial score (nSPS) is 28.2. The first-order chi connectivity index (χ1) is 7.27. The van der Waals surface area contributed by atoms with Crippen LogP contribution in [0.3, 0.4) is 0 Å². The lowest BCUT2D eigenvalue weighted by molar-refractivity contribution is 0.0219. The summed E-state index contributed by atoms with van der Waals surface area (Å²) in [5.41, 5.74) is 0. The predicted octanol–water partition coefficient (Wildman–Crippen LogP) is 3.42. The third kappa shape index (κ3) is 5.00. The molecule has 1 saturated heterocycles. The first kappa shape index (κ1) is 13.7. The number of ether oxygens (including phenoxy) is 2. The first-order valence-electron chi connectivity index (χ1n) is 6.11. The van der Waals surface area contributed by atoms with Gasteiger partial charge in [-0.05, 0) is 12.3 Å². The summed E-state index contributed by atoms with van der Waals surface area (Å²) in [6, 6.07) is 0. The highest BCUT2D eigenvalue weighted by molar-refractivity contribution is 14.1. The highest BCUT2D eigenvalue weighted by atomic mass is 127. The Morgan fingerprint density at radius 1 is 1.40 bits per heavy atom. The second kappa shape index (κ2) is 7.85. The van der Waals surface area contributed by atoms with E-state index < -0.39 is 0 Å². The van der Waals surface area contributed by atoms with E-state index >= 15 is 0 Å². The molecule has 0 spiro atoms. The minimum Gasteiger partial charge on any atom is -0.378 e. The second-order valence-electron chi connectivity index (χ2n) is 4.34. The van der Waals surface area contributed by atoms with E-state index in [9.17, 15) is 0 Å². The van der Waals surface area contributed by atoms with E-state index in [0.717, 1.165) is 25.7 Å². The Morgan fingerprint density at radius 2 is 2.20 bits per heavy atom. The van der Waals surface area contributed by atoms with E-state index in [1.807, 2.05) is 0 Å². The van der Waals surface area contributed by atoms with Gasteiger partial charge in [0.25, 0.3) is 0 Å². The van der Waals surface area contributed by atoms with Crippen molar-refractivity contribution in [2.24, 2.45) is 5.92 Å². The van der Waals surface area contributed by atoms with Crippen LogP contribution < -0.4 is 0 Å². The molecule has 0 aromatic heterocycles. The number of unbranched alkanes of at least 4 members (excludes halogenated alkanes) is 1. The smallest absolute Gasteiger partial charge is 0.0948 e. The Morgan fingerprint density at radius 3 is 2.73 bits per heavy atom. The number of alkyl halides is 1. The zero-order valence-electron chi connectivity index (χ0n) is 9.88. The SMILES string of the molecule is CCCCC(CC)COC1COCC1I. The van der Waals surface area contributed by atoms with Crippen molar-refractivity contribution in [1.29, 1.82) is 0 Å². The summed E-state index contributed by atoms with van der Waals surface area (Å²) in [6.45, 7) is 7.08. The van der Waals surface area contributed by atoms with Gasteiger partial charge in [0.05, 0.1) is 23.2 Å². The maximum atomic E-state index is 5.93. The average Bonchev–Trinajstić information content (AvgIpc) is 2.65. The van der Waals surface area contributed by atoms with E-state index in [1.165, 1.54) is 25.7 Å². The quantitative estimate of drug-likeness (QED) is 0.527. The lowest BCUT2D eigenvalue weighted by Gasteiger charge is -2.19. The lowest BCUT2D eigenvalue weighted by atomic mass is 10.0. The fraction of sp³-hybridized carbons (Fsp3) is 1.00. The van der Waals surface area contributed by atoms with Gasteiger partial charge in [-0.1, -0.05) is 55.7 Å². The molecule has 0 aliphatic carbocycles. The molecule has 1 aliphatic heterocycles. The number of halogens is 1. The molecule has 0 bridgehead atoms. The minimum absolute atomic E-state index is 0.335. The van der Waals surface area contributed by atoms with Crippen molar-refractivity contribution in [2.45, 2.75) is 49.6 Å². The van der Waals surface area contributed by atoms with Gasteiger partial charge in [0.15, 0.2) is 0 Å². The molecule has 3 unspecified atom stereocenters. The zero-order chi connectivity index (χ0) is 11.1. The van der Waals surface area contributed by atoms with E-state index in [2.05, 4.69) is 36.4 Å². The molecule has 90 valence electrons. The molecule has 1 rings (SSSR count). The van der Waals surface area contributed by atoms with Crippen LogP contribution in [0.25, 0.3) is 0 Å². The Hall–Kier alpha value is 0.650. The minimum atomic E-state index is 0.335. The summed E-state index contributed by atoms with van der Waals surface area (Å²) in [6.07, 6.45) is 5.50. The molecule has 0 aromatic rings. The summed E-state index contributed by atoms with van der Waals surface area (Å²) >= 11 is 2.43. The predicted molar refractivity (Wildman–Crippen MR) is 71.7 cm³/mol. The van der Waals surface area contributed by atoms with Gasteiger partial charge in [0.2, 0.25) is 0 Å². The Kier molecular flexibility index (Phi) is 7.17. The van der Waals surface area contributed by atoms with E-state index in [0.29, 0.717) is 10.0 Å². The van der Waals surface area contributed by atoms with Gasteiger partial charge in [-0.15, -0.1) is 0 Å². The van der Waals surface area contributed by atoms with Crippen LogP contribution in [0.1, 0.15) is 39.5 Å². The molecule has 3 heteroatoms. The van der Waals surface area contributed by atoms with E-state index in [-0.39, 0.29) is 0 Å². The van der Waals surface area contributed by atoms with Crippen molar-refractivity contribution in [3.8, 4) is 0 Å². The van der Waals surface area contributed by atoms with Crippen LogP contribution in [-0.4, -0.2) is 29.8 Å². The molecule has 1 aliphatic rings. The van der Waals surface area contributed by atoms with Gasteiger partial charge in [-0.3, -0.25) is 0 Å². The number of hydrogen-bond acceptors (Lipinski definition) is 2. The molecule has 1 heterocycles. The Labute approximate surface area is 107 Å². The molecule has 0 radical (unpaired) electrons. The van der Waals surface area contributed by atoms with Crippen molar-refractivity contribution in [2.75, 3.05) is 19.8 Å². The topological polar surface area (TPSA) is 18.5 Å². The van der Waals surface area contributed by atoms with E-state index in [1.54, 1.807) is 0 Å². The molecule has 15 heavy (non-hydrogen) atoms. The van der Waals surface area contributed by atoms with Gasteiger partial charge in [-0.2, -0.15) is 0 Å². The average molecular weight is 326 g/mol. The highest BCUT2D eigenvalue weighted by Gasteiger charge is 2.26. The standard InChI is InChI=1S/C12H23IO2/c1-3-5-6-10(4-2)7-15-12-9-14-8-11(12)13/h10-12H,3-9H2,1-2H3. The van der Waals surface area contributed by atoms with Crippen LogP contribution in [0, 0.1) is 5.92 Å². The summed E-state index contributed by atoms with van der Waals surface area (Å²) < 4.78 is 11.9. The Balaban J connectivity index is 2.15. The molecule has 0 N–H and O–H groups in total. The van der Waals surface area contributed by atoms with Crippen LogP contribution in [0.15, 0.2) is 0 Å². The molecule has 2 nitrogen and oxygen atoms in total. The van der Waals surface area contributed by atoms with Gasteiger partial charge < -0.3 is 9.47 Å². The monoisotopic (exact) mass is 326 g/mol. The van der Waals surface area contributed by atoms with Gasteiger partial charge in [0, 0.05) is 6.61 Å². The lowest BCUT2D eigenvalue weighted by Crippen LogP contribution is -2.25. The van der Waals surface area contributed by atoms with Crippen LogP contribution in [0.4, 0.5) is 0 Å². The molecule has 1 fully saturated rings. The number of hydrogen-bond donors (Lipinski definition) is 0. The first-order valence-corrected chi connectivity index (χ1v) is 7.35. The van der Waals surface area contributed by atoms with Crippen molar-refractivity contribution in [3.63, 3.8) is 0 Å². The maximum absolute atomic E-state index is 5.93. The summed E-state index contributed by atoms with van der Waals surface area (Å²) in [4.78, 5) is 0. The zero-order valence-corrected chi connectivity index (χ0v) is 12.0. The van der Waals surface area contributed by atoms with Gasteiger partial charge in [-0.25, -0.2) is 0 Å². The van der Waals surface area contributed by atoms with Crippen molar-refractivity contribution in [3.05, 3.63) is 0 Å². The van der Waals surface area contributed by atoms with Gasteiger partial charge >= 0.3 is 0 Å². The molecule has 3 atom stereocenters. The molecule has 0 aromatic carbocycles. The van der Waals surface area contributed by atoms with Gasteiger partial charge in [0.1, 0.15) is 0 Å². The summed E-state index contributed by atoms with van der Waals surface area (Å²) in [5, 5.41) is 0. The molecule has 0 amide bonds. The van der Waals surface area contributed by atoms with Crippen molar-refractivity contribution in [1.82, 2.24) is 0 Å². The summed E-state index contributed by atoms with van der Waals surface area (Å²) in [7, 11) is 0. The van der Waals surface area contributed by atoms with Crippen LogP contribution >= 0.6 is 22.6 Å². The second-order valence-corrected chi connectivity index (χ2v) is 5.94. The molecular weight excluding hydrogens is 303 g/mol. The van der Waals surface area contributed by atoms with Crippen LogP contribution in [-0.2, 0) is 9.47 Å². The largest absolute Gasteiger partial charge is 0.378 e.